The fourth-order valence-electron chi connectivity index (χ4n) is 4.86. The first-order valence-electron chi connectivity index (χ1n) is 13.4. The van der Waals surface area contributed by atoms with Crippen molar-refractivity contribution in [3.63, 3.8) is 0 Å². The Bertz CT molecular complexity index is 1020. The van der Waals surface area contributed by atoms with Crippen molar-refractivity contribution in [1.82, 2.24) is 0 Å². The standard InChI is InChI=1S/C30H40N2.2CH3.Ni/c1-5-9-10-11-12-13-20-28-27(8-4)29(25-18-14-16-23(6-2)21-25)32(31)30(28)26-19-15-17-24(7-3)22-26;;;/h14-19,21-22H,5-13,20H2,1-4H3;2*1H3;. The predicted octanol–water partition coefficient (Wildman–Crippen LogP) is 10.3. The normalized spacial score (nSPS) is 13.5. The summed E-state index contributed by atoms with van der Waals surface area (Å²) in [6, 6.07) is 17.4. The Morgan fingerprint density at radius 2 is 1.14 bits per heavy atom. The summed E-state index contributed by atoms with van der Waals surface area (Å²) in [5.74, 6) is 4.12. The van der Waals surface area contributed by atoms with Crippen molar-refractivity contribution < 1.29 is 19.1 Å². The van der Waals surface area contributed by atoms with E-state index in [1.165, 1.54) is 65.5 Å². The number of unbranched alkanes of at least 4 members (excludes halogenated alkanes) is 5. The van der Waals surface area contributed by atoms with Gasteiger partial charge in [-0.25, -0.2) is 4.70 Å². The third-order valence-electron chi connectivity index (χ3n) is 6.71. The van der Waals surface area contributed by atoms with Crippen LogP contribution >= 0.6 is 0 Å². The van der Waals surface area contributed by atoms with Crippen molar-refractivity contribution >= 4 is 11.4 Å². The second kappa shape index (κ2) is 15.9. The molecule has 2 nitrogen and oxygen atoms in total. The van der Waals surface area contributed by atoms with E-state index in [9.17, 15) is 5.53 Å². The SMILES string of the molecule is CCCCCCCCC1=C(c2cccc(CC)c2)[N+](=[N-])C(c2cccc(CC)c2)=C1CC.[CH3][Ni][CH3]. The number of allylic oxidation sites excluding steroid dienone is 2. The van der Waals surface area contributed by atoms with Gasteiger partial charge in [0, 0.05) is 22.3 Å². The molecule has 0 fully saturated rings. The Morgan fingerprint density at radius 3 is 1.63 bits per heavy atom. The van der Waals surface area contributed by atoms with Gasteiger partial charge in [-0.1, -0.05) is 84.1 Å². The van der Waals surface area contributed by atoms with E-state index in [1.807, 2.05) is 0 Å². The van der Waals surface area contributed by atoms with Gasteiger partial charge in [0.2, 0.25) is 11.4 Å². The van der Waals surface area contributed by atoms with Crippen LogP contribution in [-0.2, 0) is 27.3 Å². The van der Waals surface area contributed by atoms with Gasteiger partial charge in [0.15, 0.2) is 0 Å². The van der Waals surface area contributed by atoms with Gasteiger partial charge in [-0.2, -0.15) is 0 Å². The van der Waals surface area contributed by atoms with Crippen LogP contribution in [0.1, 0.15) is 101 Å². The minimum atomic E-state index is 0.922. The van der Waals surface area contributed by atoms with Gasteiger partial charge < -0.3 is 5.53 Å². The molecule has 3 heteroatoms. The van der Waals surface area contributed by atoms with Crippen molar-refractivity contribution in [2.24, 2.45) is 0 Å². The molecule has 0 bridgehead atoms. The molecule has 0 unspecified atom stereocenters. The van der Waals surface area contributed by atoms with Crippen LogP contribution in [0.25, 0.3) is 16.9 Å². The summed E-state index contributed by atoms with van der Waals surface area (Å²) in [6.45, 7) is 8.86. The number of aryl methyl sites for hydroxylation is 2. The summed E-state index contributed by atoms with van der Waals surface area (Å²) in [5.41, 5.74) is 21.0. The molecule has 0 atom stereocenters. The molecule has 0 radical (unpaired) electrons. The van der Waals surface area contributed by atoms with E-state index in [4.69, 9.17) is 0 Å². The zero-order valence-corrected chi connectivity index (χ0v) is 23.9. The van der Waals surface area contributed by atoms with Crippen LogP contribution in [-0.4, -0.2) is 4.70 Å². The average molecular weight is 517 g/mol. The van der Waals surface area contributed by atoms with Crippen LogP contribution in [0, 0.1) is 0 Å². The fraction of sp³-hybridized carbons (Fsp3) is 0.500. The molecule has 3 rings (SSSR count). The summed E-state index contributed by atoms with van der Waals surface area (Å²) in [7, 11) is 0. The zero-order valence-electron chi connectivity index (χ0n) is 22.9. The summed E-state index contributed by atoms with van der Waals surface area (Å²) >= 11 is 1.62. The topological polar surface area (TPSA) is 25.3 Å². The quantitative estimate of drug-likeness (QED) is 0.152. The van der Waals surface area contributed by atoms with Crippen LogP contribution in [0.4, 0.5) is 0 Å². The molecule has 0 aromatic heterocycles. The first kappa shape index (κ1) is 29.2. The molecule has 2 aromatic carbocycles. The first-order chi connectivity index (χ1) is 17.1. The van der Waals surface area contributed by atoms with E-state index < -0.39 is 0 Å². The van der Waals surface area contributed by atoms with Crippen molar-refractivity contribution in [3.05, 3.63) is 87.5 Å². The maximum absolute atomic E-state index is 11.5. The zero-order chi connectivity index (χ0) is 25.6. The Balaban J connectivity index is 0.00000137. The second-order valence-corrected chi connectivity index (χ2v) is 10.2. The summed E-state index contributed by atoms with van der Waals surface area (Å²) < 4.78 is 1.49. The van der Waals surface area contributed by atoms with Gasteiger partial charge in [0.05, 0.1) is 0 Å². The molecule has 1 heterocycles. The van der Waals surface area contributed by atoms with Crippen LogP contribution in [0.15, 0.2) is 59.7 Å². The van der Waals surface area contributed by atoms with Crippen LogP contribution in [0.2, 0.25) is 11.8 Å². The summed E-state index contributed by atoms with van der Waals surface area (Å²) in [5, 5.41) is 0. The van der Waals surface area contributed by atoms with Crippen molar-refractivity contribution in [2.45, 2.75) is 104 Å². The Labute approximate surface area is 221 Å². The summed E-state index contributed by atoms with van der Waals surface area (Å²) in [6.07, 6.45) is 11.6. The summed E-state index contributed by atoms with van der Waals surface area (Å²) in [4.78, 5) is 0. The molecule has 0 N–H and O–H groups in total. The number of benzene rings is 2. The minimum absolute atomic E-state index is 0.922. The fourth-order valence-corrected chi connectivity index (χ4v) is 4.86. The molecule has 0 saturated carbocycles. The Morgan fingerprint density at radius 1 is 0.657 bits per heavy atom. The third-order valence-corrected chi connectivity index (χ3v) is 6.71. The predicted molar refractivity (Wildman–Crippen MR) is 149 cm³/mol. The van der Waals surface area contributed by atoms with Gasteiger partial charge in [-0.3, -0.25) is 0 Å². The van der Waals surface area contributed by atoms with E-state index in [-0.39, 0.29) is 0 Å². The molecule has 35 heavy (non-hydrogen) atoms. The van der Waals surface area contributed by atoms with Crippen molar-refractivity contribution in [3.8, 4) is 0 Å². The van der Waals surface area contributed by atoms with E-state index in [0.717, 1.165) is 48.2 Å². The van der Waals surface area contributed by atoms with Gasteiger partial charge in [0.1, 0.15) is 0 Å². The van der Waals surface area contributed by atoms with Crippen LogP contribution in [0.3, 0.4) is 0 Å². The molecular weight excluding hydrogens is 471 g/mol. The van der Waals surface area contributed by atoms with E-state index >= 15 is 0 Å². The van der Waals surface area contributed by atoms with Gasteiger partial charge in [-0.15, -0.1) is 0 Å². The van der Waals surface area contributed by atoms with Gasteiger partial charge in [-0.05, 0) is 67.5 Å². The number of hydrogen-bond donors (Lipinski definition) is 0. The van der Waals surface area contributed by atoms with Crippen molar-refractivity contribution in [2.75, 3.05) is 0 Å². The van der Waals surface area contributed by atoms with Crippen LogP contribution < -0.4 is 0 Å². The molecule has 0 spiro atoms. The maximum atomic E-state index is 11.5. The Kier molecular flexibility index (Phi) is 13.3. The average Bonchev–Trinajstić information content (AvgIpc) is 3.17. The third kappa shape index (κ3) is 8.01. The Hall–Kier alpha value is -1.99. The monoisotopic (exact) mass is 516 g/mol. The molecule has 2 aromatic rings. The molecule has 194 valence electrons. The molecule has 1 aliphatic heterocycles. The molecule has 0 saturated heterocycles. The molecule has 0 amide bonds. The second-order valence-electron chi connectivity index (χ2n) is 9.26. The number of rotatable bonds is 12. The van der Waals surface area contributed by atoms with E-state index in [2.05, 4.69) is 88.0 Å². The first-order valence-corrected chi connectivity index (χ1v) is 15.4. The van der Waals surface area contributed by atoms with Gasteiger partial charge >= 0.3 is 26.2 Å². The van der Waals surface area contributed by atoms with Crippen molar-refractivity contribution in [1.29, 1.82) is 0 Å². The van der Waals surface area contributed by atoms with E-state index in [0.29, 0.717) is 0 Å². The number of nitrogens with zero attached hydrogens (tertiary/aromatic N) is 2. The molecule has 0 aliphatic carbocycles. The van der Waals surface area contributed by atoms with Crippen LogP contribution in [0.5, 0.6) is 0 Å². The number of hydrogen-bond acceptors (Lipinski definition) is 0. The molecular formula is C32H46N2Ni. The molecule has 1 aliphatic rings. The van der Waals surface area contributed by atoms with E-state index in [1.54, 1.807) is 14.4 Å². The van der Waals surface area contributed by atoms with Gasteiger partial charge in [0.25, 0.3) is 0 Å².